The van der Waals surface area contributed by atoms with E-state index < -0.39 is 11.0 Å². The number of aliphatic hydroxyl groups is 1. The van der Waals surface area contributed by atoms with Crippen molar-refractivity contribution in [1.29, 1.82) is 0 Å². The van der Waals surface area contributed by atoms with Crippen molar-refractivity contribution in [3.8, 4) is 0 Å². The van der Waals surface area contributed by atoms with E-state index in [-0.39, 0.29) is 24.5 Å². The van der Waals surface area contributed by atoms with Crippen LogP contribution in [0.15, 0.2) is 41.5 Å². The molecule has 0 saturated carbocycles. The SMILES string of the molecule is CCn1c(=O)n(C[C@@H](O)Cn2cc([N+](=O)[O-])cn2)c2ccccc21. The van der Waals surface area contributed by atoms with Gasteiger partial charge < -0.3 is 5.11 Å². The molecule has 0 amide bonds. The largest absolute Gasteiger partial charge is 0.389 e. The highest BCUT2D eigenvalue weighted by Crippen LogP contribution is 2.14. The molecular weight excluding hydrogens is 314 g/mol. The maximum absolute atomic E-state index is 12.5. The van der Waals surface area contributed by atoms with Crippen LogP contribution in [0.5, 0.6) is 0 Å². The smallest absolute Gasteiger partial charge is 0.329 e. The molecule has 0 aliphatic carbocycles. The van der Waals surface area contributed by atoms with Gasteiger partial charge in [0.2, 0.25) is 0 Å². The van der Waals surface area contributed by atoms with Gasteiger partial charge in [-0.2, -0.15) is 5.10 Å². The lowest BCUT2D eigenvalue weighted by Gasteiger charge is -2.11. The molecule has 1 atom stereocenters. The predicted octanol–water partition coefficient (Wildman–Crippen LogP) is 0.989. The van der Waals surface area contributed by atoms with Crippen LogP contribution in [0.2, 0.25) is 0 Å². The fourth-order valence-corrected chi connectivity index (χ4v) is 2.79. The summed E-state index contributed by atoms with van der Waals surface area (Å²) >= 11 is 0. The van der Waals surface area contributed by atoms with Gasteiger partial charge in [0.1, 0.15) is 12.4 Å². The first-order valence-electron chi connectivity index (χ1n) is 7.54. The van der Waals surface area contributed by atoms with Crippen LogP contribution in [-0.2, 0) is 19.6 Å². The van der Waals surface area contributed by atoms with E-state index >= 15 is 0 Å². The van der Waals surface area contributed by atoms with Gasteiger partial charge in [0.25, 0.3) is 0 Å². The minimum atomic E-state index is -0.904. The van der Waals surface area contributed by atoms with E-state index in [1.54, 1.807) is 4.57 Å². The molecule has 0 spiro atoms. The number of nitro groups is 1. The molecule has 1 aromatic carbocycles. The van der Waals surface area contributed by atoms with Crippen LogP contribution < -0.4 is 5.69 Å². The van der Waals surface area contributed by atoms with Gasteiger partial charge in [-0.15, -0.1) is 0 Å². The van der Waals surface area contributed by atoms with Gasteiger partial charge in [0.15, 0.2) is 0 Å². The molecule has 9 heteroatoms. The molecule has 24 heavy (non-hydrogen) atoms. The number of rotatable bonds is 6. The Morgan fingerprint density at radius 2 is 1.92 bits per heavy atom. The summed E-state index contributed by atoms with van der Waals surface area (Å²) in [6, 6.07) is 7.38. The van der Waals surface area contributed by atoms with Gasteiger partial charge in [-0.1, -0.05) is 12.1 Å². The highest BCUT2D eigenvalue weighted by molar-refractivity contribution is 5.75. The van der Waals surface area contributed by atoms with Crippen molar-refractivity contribution in [2.75, 3.05) is 0 Å². The number of nitrogens with zero attached hydrogens (tertiary/aromatic N) is 5. The van der Waals surface area contributed by atoms with E-state index in [0.29, 0.717) is 6.54 Å². The highest BCUT2D eigenvalue weighted by Gasteiger charge is 2.16. The van der Waals surface area contributed by atoms with Gasteiger partial charge in [-0.3, -0.25) is 23.9 Å². The first-order chi connectivity index (χ1) is 11.5. The van der Waals surface area contributed by atoms with E-state index in [2.05, 4.69) is 5.10 Å². The third-order valence-corrected chi connectivity index (χ3v) is 3.86. The second kappa shape index (κ2) is 6.28. The zero-order chi connectivity index (χ0) is 17.3. The van der Waals surface area contributed by atoms with Crippen LogP contribution in [0.4, 0.5) is 5.69 Å². The van der Waals surface area contributed by atoms with Gasteiger partial charge >= 0.3 is 11.4 Å². The number of aliphatic hydroxyl groups excluding tert-OH is 1. The quantitative estimate of drug-likeness (QED) is 0.535. The Bertz CT molecular complexity index is 939. The number of fused-ring (bicyclic) bond motifs is 1. The minimum Gasteiger partial charge on any atom is -0.389 e. The van der Waals surface area contributed by atoms with Crippen molar-refractivity contribution in [3.05, 3.63) is 57.3 Å². The number of benzene rings is 1. The van der Waals surface area contributed by atoms with E-state index in [4.69, 9.17) is 0 Å². The highest BCUT2D eigenvalue weighted by atomic mass is 16.6. The average Bonchev–Trinajstić information content (AvgIpc) is 3.11. The summed E-state index contributed by atoms with van der Waals surface area (Å²) in [5.74, 6) is 0. The molecule has 0 fully saturated rings. The second-order valence-electron chi connectivity index (χ2n) is 5.46. The molecule has 0 aliphatic rings. The summed E-state index contributed by atoms with van der Waals surface area (Å²) in [5.41, 5.74) is 1.23. The monoisotopic (exact) mass is 331 g/mol. The van der Waals surface area contributed by atoms with Crippen molar-refractivity contribution in [1.82, 2.24) is 18.9 Å². The summed E-state index contributed by atoms with van der Waals surface area (Å²) in [4.78, 5) is 22.6. The molecule has 2 aromatic heterocycles. The first-order valence-corrected chi connectivity index (χ1v) is 7.54. The Morgan fingerprint density at radius 3 is 2.50 bits per heavy atom. The van der Waals surface area contributed by atoms with Gasteiger partial charge in [0.05, 0.1) is 35.2 Å². The molecule has 126 valence electrons. The van der Waals surface area contributed by atoms with Crippen LogP contribution in [0, 0.1) is 10.1 Å². The Morgan fingerprint density at radius 1 is 1.25 bits per heavy atom. The van der Waals surface area contributed by atoms with E-state index in [9.17, 15) is 20.0 Å². The molecule has 0 aliphatic heterocycles. The summed E-state index contributed by atoms with van der Waals surface area (Å²) < 4.78 is 4.45. The van der Waals surface area contributed by atoms with Crippen LogP contribution >= 0.6 is 0 Å². The number of aromatic nitrogens is 4. The van der Waals surface area contributed by atoms with Crippen LogP contribution in [0.1, 0.15) is 6.92 Å². The van der Waals surface area contributed by atoms with Gasteiger partial charge in [-0.25, -0.2) is 4.79 Å². The van der Waals surface area contributed by atoms with Gasteiger partial charge in [-0.05, 0) is 19.1 Å². The first kappa shape index (κ1) is 15.9. The van der Waals surface area contributed by atoms with E-state index in [1.807, 2.05) is 31.2 Å². The van der Waals surface area contributed by atoms with Crippen LogP contribution in [0.3, 0.4) is 0 Å². The lowest BCUT2D eigenvalue weighted by Crippen LogP contribution is -2.30. The zero-order valence-corrected chi connectivity index (χ0v) is 13.1. The molecule has 0 unspecified atom stereocenters. The molecule has 9 nitrogen and oxygen atoms in total. The number of imidazole rings is 1. The Hall–Kier alpha value is -2.94. The Labute approximate surface area is 136 Å². The van der Waals surface area contributed by atoms with Crippen LogP contribution in [-0.4, -0.2) is 35.0 Å². The summed E-state index contributed by atoms with van der Waals surface area (Å²) in [7, 11) is 0. The summed E-state index contributed by atoms with van der Waals surface area (Å²) in [6.45, 7) is 2.57. The van der Waals surface area contributed by atoms with Crippen LogP contribution in [0.25, 0.3) is 11.0 Å². The molecule has 0 saturated heterocycles. The van der Waals surface area contributed by atoms with Gasteiger partial charge in [0, 0.05) is 6.54 Å². The van der Waals surface area contributed by atoms with Crippen molar-refractivity contribution in [2.45, 2.75) is 32.7 Å². The summed E-state index contributed by atoms with van der Waals surface area (Å²) in [5, 5.41) is 24.8. The van der Waals surface area contributed by atoms with E-state index in [1.165, 1.54) is 15.4 Å². The third-order valence-electron chi connectivity index (χ3n) is 3.86. The lowest BCUT2D eigenvalue weighted by molar-refractivity contribution is -0.385. The molecule has 2 heterocycles. The van der Waals surface area contributed by atoms with Crippen molar-refractivity contribution in [2.24, 2.45) is 0 Å². The lowest BCUT2D eigenvalue weighted by atomic mass is 10.3. The third kappa shape index (κ3) is 2.81. The fraction of sp³-hybridized carbons (Fsp3) is 0.333. The van der Waals surface area contributed by atoms with Crippen molar-refractivity contribution < 1.29 is 10.0 Å². The zero-order valence-electron chi connectivity index (χ0n) is 13.1. The molecule has 3 aromatic rings. The molecule has 0 radical (unpaired) electrons. The number of hydrogen-bond acceptors (Lipinski definition) is 5. The fourth-order valence-electron chi connectivity index (χ4n) is 2.79. The topological polar surface area (TPSA) is 108 Å². The number of aryl methyl sites for hydroxylation is 1. The van der Waals surface area contributed by atoms with Crippen molar-refractivity contribution in [3.63, 3.8) is 0 Å². The maximum atomic E-state index is 12.5. The average molecular weight is 331 g/mol. The Kier molecular flexibility index (Phi) is 4.17. The predicted molar refractivity (Wildman–Crippen MR) is 86.8 cm³/mol. The number of para-hydroxylation sites is 2. The standard InChI is InChI=1S/C15H17N5O4/c1-2-18-13-5-3-4-6-14(13)19(15(18)22)10-12(21)9-17-8-11(7-16-17)20(23)24/h3-8,12,21H,2,9-10H2,1H3/t12-/m0/s1. The molecule has 1 N–H and O–H groups in total. The van der Waals surface area contributed by atoms with E-state index in [0.717, 1.165) is 17.2 Å². The maximum Gasteiger partial charge on any atom is 0.329 e. The molecule has 3 rings (SSSR count). The Balaban J connectivity index is 1.85. The normalized spacial score (nSPS) is 12.6. The van der Waals surface area contributed by atoms with Crippen molar-refractivity contribution >= 4 is 16.7 Å². The second-order valence-corrected chi connectivity index (χ2v) is 5.46. The minimum absolute atomic E-state index is 0.0614. The molecule has 0 bridgehead atoms. The summed E-state index contributed by atoms with van der Waals surface area (Å²) in [6.07, 6.45) is 1.47. The number of hydrogen-bond donors (Lipinski definition) is 1. The molecular formula is C15H17N5O4.